The molecule has 0 bridgehead atoms. The minimum absolute atomic E-state index is 0.0433. The maximum atomic E-state index is 12.9. The van der Waals surface area contributed by atoms with Crippen LogP contribution in [0.15, 0.2) is 41.1 Å². The van der Waals surface area contributed by atoms with Crippen molar-refractivity contribution in [2.24, 2.45) is 0 Å². The fourth-order valence-corrected chi connectivity index (χ4v) is 5.31. The third kappa shape index (κ3) is 2.57. The van der Waals surface area contributed by atoms with E-state index >= 15 is 0 Å². The number of benzene rings is 1. The fraction of sp³-hybridized carbons (Fsp3) is 0.438. The largest absolute Gasteiger partial charge is 0.364 e. The third-order valence-corrected chi connectivity index (χ3v) is 6.34. The Balaban J connectivity index is 1.60. The molecule has 1 saturated carbocycles. The van der Waals surface area contributed by atoms with Gasteiger partial charge < -0.3 is 4.52 Å². The molecule has 5 nitrogen and oxygen atoms in total. The number of sulfonamides is 1. The molecule has 6 heteroatoms. The highest BCUT2D eigenvalue weighted by molar-refractivity contribution is 7.88. The van der Waals surface area contributed by atoms with Crippen molar-refractivity contribution in [1.29, 1.82) is 0 Å². The van der Waals surface area contributed by atoms with E-state index in [1.807, 2.05) is 12.1 Å². The lowest BCUT2D eigenvalue weighted by molar-refractivity contribution is 0.317. The fourth-order valence-electron chi connectivity index (χ4n) is 3.37. The van der Waals surface area contributed by atoms with Crippen molar-refractivity contribution in [1.82, 2.24) is 9.46 Å². The van der Waals surface area contributed by atoms with Gasteiger partial charge in [0.25, 0.3) is 0 Å². The Labute approximate surface area is 130 Å². The summed E-state index contributed by atoms with van der Waals surface area (Å²) in [5, 5.41) is 3.75. The van der Waals surface area contributed by atoms with Gasteiger partial charge in [-0.1, -0.05) is 29.4 Å². The Morgan fingerprint density at radius 2 is 1.77 bits per heavy atom. The van der Waals surface area contributed by atoms with Gasteiger partial charge >= 0.3 is 0 Å². The van der Waals surface area contributed by atoms with E-state index < -0.39 is 10.0 Å². The lowest BCUT2D eigenvalue weighted by atomic mass is 10.1. The Bertz CT molecular complexity index is 741. The maximum Gasteiger partial charge on any atom is 0.220 e. The molecule has 116 valence electrons. The molecule has 1 aromatic heterocycles. The topological polar surface area (TPSA) is 63.4 Å². The van der Waals surface area contributed by atoms with E-state index in [-0.39, 0.29) is 17.8 Å². The lowest BCUT2D eigenvalue weighted by Crippen LogP contribution is -2.43. The maximum absolute atomic E-state index is 12.9. The summed E-state index contributed by atoms with van der Waals surface area (Å²) in [5.41, 5.74) is 3.02. The molecule has 0 spiro atoms. The smallest absolute Gasteiger partial charge is 0.220 e. The predicted octanol–water partition coefficient (Wildman–Crippen LogP) is 2.14. The second-order valence-corrected chi connectivity index (χ2v) is 8.01. The van der Waals surface area contributed by atoms with Crippen LogP contribution in [-0.2, 0) is 28.6 Å². The van der Waals surface area contributed by atoms with Crippen molar-refractivity contribution in [3.8, 4) is 0 Å². The van der Waals surface area contributed by atoms with Gasteiger partial charge in [0, 0.05) is 18.2 Å². The van der Waals surface area contributed by atoms with Crippen LogP contribution < -0.4 is 0 Å². The number of hydrogen-bond donors (Lipinski definition) is 0. The van der Waals surface area contributed by atoms with Crippen LogP contribution in [0, 0.1) is 0 Å². The van der Waals surface area contributed by atoms with Crippen molar-refractivity contribution < 1.29 is 12.9 Å². The van der Waals surface area contributed by atoms with E-state index in [2.05, 4.69) is 17.3 Å². The Morgan fingerprint density at radius 3 is 2.32 bits per heavy atom. The summed E-state index contributed by atoms with van der Waals surface area (Å²) in [7, 11) is -3.37. The molecule has 0 atom stereocenters. The zero-order chi connectivity index (χ0) is 15.2. The van der Waals surface area contributed by atoms with Gasteiger partial charge in [-0.2, -0.15) is 4.31 Å². The summed E-state index contributed by atoms with van der Waals surface area (Å²) >= 11 is 0. The highest BCUT2D eigenvalue weighted by atomic mass is 32.2. The molecule has 0 unspecified atom stereocenters. The number of nitrogens with zero attached hydrogens (tertiary/aromatic N) is 2. The first kappa shape index (κ1) is 14.0. The summed E-state index contributed by atoms with van der Waals surface area (Å²) in [6.45, 7) is 0. The van der Waals surface area contributed by atoms with Crippen LogP contribution in [0.1, 0.15) is 29.7 Å². The summed E-state index contributed by atoms with van der Waals surface area (Å²) in [4.78, 5) is 0. The van der Waals surface area contributed by atoms with E-state index in [1.165, 1.54) is 17.4 Å². The van der Waals surface area contributed by atoms with E-state index in [4.69, 9.17) is 4.52 Å². The van der Waals surface area contributed by atoms with Gasteiger partial charge in [0.15, 0.2) is 0 Å². The average Bonchev–Trinajstić information content (AvgIpc) is 2.99. The molecular formula is C16H18N2O3S. The van der Waals surface area contributed by atoms with E-state index in [0.29, 0.717) is 5.69 Å². The van der Waals surface area contributed by atoms with Gasteiger partial charge in [0.05, 0.1) is 5.69 Å². The van der Waals surface area contributed by atoms with E-state index in [9.17, 15) is 8.42 Å². The quantitative estimate of drug-likeness (QED) is 0.847. The Kier molecular flexibility index (Phi) is 3.31. The molecule has 2 aliphatic carbocycles. The van der Waals surface area contributed by atoms with Crippen LogP contribution in [0.4, 0.5) is 0 Å². The summed E-state index contributed by atoms with van der Waals surface area (Å²) in [5.74, 6) is -0.0765. The van der Waals surface area contributed by atoms with Gasteiger partial charge in [0.1, 0.15) is 12.0 Å². The second kappa shape index (κ2) is 5.21. The molecule has 4 rings (SSSR count). The Hall–Kier alpha value is -1.66. The monoisotopic (exact) mass is 318 g/mol. The number of fused-ring (bicyclic) bond motifs is 1. The first-order valence-corrected chi connectivity index (χ1v) is 9.22. The zero-order valence-electron chi connectivity index (χ0n) is 12.2. The SMILES string of the molecule is O=S(=O)(Cc1ccon1)N(C1CC1)C1Cc2ccccc2C1. The summed E-state index contributed by atoms with van der Waals surface area (Å²) in [6.07, 6.45) is 4.96. The first-order valence-electron chi connectivity index (χ1n) is 7.61. The predicted molar refractivity (Wildman–Crippen MR) is 81.6 cm³/mol. The van der Waals surface area contributed by atoms with Gasteiger partial charge in [0.2, 0.25) is 10.0 Å². The van der Waals surface area contributed by atoms with Crippen molar-refractivity contribution >= 4 is 10.0 Å². The van der Waals surface area contributed by atoms with Gasteiger partial charge in [-0.05, 0) is 36.8 Å². The van der Waals surface area contributed by atoms with E-state index in [1.54, 1.807) is 10.4 Å². The van der Waals surface area contributed by atoms with Crippen molar-refractivity contribution in [2.75, 3.05) is 0 Å². The van der Waals surface area contributed by atoms with Crippen molar-refractivity contribution in [3.05, 3.63) is 53.4 Å². The van der Waals surface area contributed by atoms with Gasteiger partial charge in [-0.15, -0.1) is 0 Å². The van der Waals surface area contributed by atoms with Gasteiger partial charge in [-0.3, -0.25) is 0 Å². The molecule has 0 radical (unpaired) electrons. The molecule has 22 heavy (non-hydrogen) atoms. The number of aromatic nitrogens is 1. The second-order valence-electron chi connectivity index (χ2n) is 6.14. The third-order valence-electron chi connectivity index (χ3n) is 4.44. The highest BCUT2D eigenvalue weighted by Crippen LogP contribution is 2.37. The summed E-state index contributed by atoms with van der Waals surface area (Å²) < 4.78 is 32.2. The molecule has 1 fully saturated rings. The molecule has 1 aromatic carbocycles. The molecule has 0 aliphatic heterocycles. The summed E-state index contributed by atoms with van der Waals surface area (Å²) in [6, 6.07) is 10.1. The molecule has 2 aliphatic rings. The standard InChI is InChI=1S/C16H18N2O3S/c19-22(20,11-14-7-8-21-17-14)18(15-5-6-15)16-9-12-3-1-2-4-13(12)10-16/h1-4,7-8,15-16H,5-6,9-11H2. The first-order chi connectivity index (χ1) is 10.6. The normalized spacial score (nSPS) is 18.8. The van der Waals surface area contributed by atoms with Crippen molar-refractivity contribution in [2.45, 2.75) is 43.5 Å². The number of rotatable bonds is 5. The van der Waals surface area contributed by atoms with Crippen LogP contribution in [0.2, 0.25) is 0 Å². The van der Waals surface area contributed by atoms with Gasteiger partial charge in [-0.25, -0.2) is 8.42 Å². The minimum Gasteiger partial charge on any atom is -0.364 e. The minimum atomic E-state index is -3.37. The van der Waals surface area contributed by atoms with Crippen LogP contribution >= 0.6 is 0 Å². The molecule has 0 N–H and O–H groups in total. The van der Waals surface area contributed by atoms with Crippen molar-refractivity contribution in [3.63, 3.8) is 0 Å². The van der Waals surface area contributed by atoms with E-state index in [0.717, 1.165) is 25.7 Å². The average molecular weight is 318 g/mol. The Morgan fingerprint density at radius 1 is 1.09 bits per heavy atom. The number of hydrogen-bond acceptors (Lipinski definition) is 4. The molecule has 1 heterocycles. The molecule has 0 amide bonds. The zero-order valence-corrected chi connectivity index (χ0v) is 13.0. The molecule has 0 saturated heterocycles. The molecule has 2 aromatic rings. The van der Waals surface area contributed by atoms with Crippen LogP contribution in [0.25, 0.3) is 0 Å². The van der Waals surface area contributed by atoms with Crippen LogP contribution in [-0.4, -0.2) is 30.0 Å². The molecular weight excluding hydrogens is 300 g/mol. The van der Waals surface area contributed by atoms with Crippen LogP contribution in [0.5, 0.6) is 0 Å². The lowest BCUT2D eigenvalue weighted by Gasteiger charge is -2.27. The van der Waals surface area contributed by atoms with Crippen LogP contribution in [0.3, 0.4) is 0 Å². The highest BCUT2D eigenvalue weighted by Gasteiger charge is 2.43.